The summed E-state index contributed by atoms with van der Waals surface area (Å²) < 4.78 is 0.368. The molecule has 0 radical (unpaired) electrons. The van der Waals surface area contributed by atoms with Crippen LogP contribution in [0.1, 0.15) is 25.8 Å². The van der Waals surface area contributed by atoms with Crippen molar-refractivity contribution in [3.05, 3.63) is 17.8 Å². The van der Waals surface area contributed by atoms with Gasteiger partial charge in [0.25, 0.3) is 0 Å². The second-order valence-corrected chi connectivity index (χ2v) is 7.01. The first-order chi connectivity index (χ1) is 7.99. The normalized spacial score (nSPS) is 20.1. The van der Waals surface area contributed by atoms with E-state index in [4.69, 9.17) is 5.73 Å². The Hall–Kier alpha value is -0.900. The van der Waals surface area contributed by atoms with Gasteiger partial charge in [0, 0.05) is 29.8 Å². The summed E-state index contributed by atoms with van der Waals surface area (Å²) in [7, 11) is 0. The van der Waals surface area contributed by atoms with E-state index in [1.807, 2.05) is 30.9 Å². The zero-order valence-corrected chi connectivity index (χ0v) is 11.7. The fourth-order valence-corrected chi connectivity index (χ4v) is 3.14. The summed E-state index contributed by atoms with van der Waals surface area (Å²) >= 11 is 2.04. The molecule has 3 nitrogen and oxygen atoms in total. The van der Waals surface area contributed by atoms with Gasteiger partial charge >= 0.3 is 0 Å². The third kappa shape index (κ3) is 2.86. The number of aromatic nitrogens is 1. The predicted octanol–water partition coefficient (Wildman–Crippen LogP) is 2.69. The Morgan fingerprint density at radius 3 is 2.94 bits per heavy atom. The lowest BCUT2D eigenvalue weighted by atomic mass is 10.1. The van der Waals surface area contributed by atoms with Crippen LogP contribution in [0.4, 0.5) is 11.5 Å². The van der Waals surface area contributed by atoms with Crippen molar-refractivity contribution in [3.63, 3.8) is 0 Å². The molecule has 0 unspecified atom stereocenters. The third-order valence-electron chi connectivity index (χ3n) is 3.32. The minimum Gasteiger partial charge on any atom is -0.396 e. The van der Waals surface area contributed by atoms with E-state index in [1.54, 1.807) is 0 Å². The average molecular weight is 251 g/mol. The second-order valence-electron chi connectivity index (χ2n) is 5.21. The van der Waals surface area contributed by atoms with Gasteiger partial charge in [0.1, 0.15) is 0 Å². The van der Waals surface area contributed by atoms with Gasteiger partial charge in [0.2, 0.25) is 0 Å². The number of hydrogen-bond donors (Lipinski definition) is 1. The minimum atomic E-state index is 0.368. The van der Waals surface area contributed by atoms with Crippen LogP contribution in [0.3, 0.4) is 0 Å². The number of nitrogens with two attached hydrogens (primary N) is 1. The molecule has 0 bridgehead atoms. The van der Waals surface area contributed by atoms with E-state index >= 15 is 0 Å². The third-order valence-corrected chi connectivity index (χ3v) is 4.70. The molecule has 2 heterocycles. The largest absolute Gasteiger partial charge is 0.396 e. The van der Waals surface area contributed by atoms with Crippen LogP contribution >= 0.6 is 11.8 Å². The molecule has 17 heavy (non-hydrogen) atoms. The van der Waals surface area contributed by atoms with Gasteiger partial charge in [0.15, 0.2) is 5.82 Å². The van der Waals surface area contributed by atoms with Crippen molar-refractivity contribution in [3.8, 4) is 0 Å². The van der Waals surface area contributed by atoms with Crippen LogP contribution in [-0.2, 0) is 0 Å². The summed E-state index contributed by atoms with van der Waals surface area (Å²) in [6.07, 6.45) is 3.02. The maximum atomic E-state index is 6.12. The monoisotopic (exact) mass is 251 g/mol. The predicted molar refractivity (Wildman–Crippen MR) is 76.8 cm³/mol. The van der Waals surface area contributed by atoms with Crippen molar-refractivity contribution in [2.75, 3.05) is 29.5 Å². The van der Waals surface area contributed by atoms with Crippen LogP contribution in [0.5, 0.6) is 0 Å². The molecule has 1 aromatic heterocycles. The zero-order chi connectivity index (χ0) is 12.5. The number of pyridine rings is 1. The molecule has 1 aliphatic rings. The highest BCUT2D eigenvalue weighted by Gasteiger charge is 2.25. The zero-order valence-electron chi connectivity index (χ0n) is 10.9. The van der Waals surface area contributed by atoms with Gasteiger partial charge in [0.05, 0.1) is 5.69 Å². The molecule has 2 rings (SSSR count). The molecule has 0 saturated carbocycles. The molecule has 0 amide bonds. The van der Waals surface area contributed by atoms with Crippen LogP contribution in [0, 0.1) is 6.92 Å². The Kier molecular flexibility index (Phi) is 3.52. The van der Waals surface area contributed by atoms with Gasteiger partial charge in [-0.15, -0.1) is 0 Å². The Bertz CT molecular complexity index is 404. The number of anilines is 2. The summed E-state index contributed by atoms with van der Waals surface area (Å²) in [5.41, 5.74) is 8.07. The first-order valence-electron chi connectivity index (χ1n) is 6.09. The van der Waals surface area contributed by atoms with Gasteiger partial charge < -0.3 is 10.6 Å². The molecule has 0 atom stereocenters. The van der Waals surface area contributed by atoms with E-state index < -0.39 is 0 Å². The van der Waals surface area contributed by atoms with Gasteiger partial charge in [-0.1, -0.05) is 13.8 Å². The SMILES string of the molecule is Cc1ccnc(N2CCSC(C)(C)CC2)c1N. The van der Waals surface area contributed by atoms with Gasteiger partial charge in [-0.05, 0) is 25.0 Å². The Labute approximate surface area is 108 Å². The van der Waals surface area contributed by atoms with E-state index in [2.05, 4.69) is 23.7 Å². The van der Waals surface area contributed by atoms with Crippen LogP contribution in [0.2, 0.25) is 0 Å². The number of thioether (sulfide) groups is 1. The van der Waals surface area contributed by atoms with Crippen molar-refractivity contribution in [1.82, 2.24) is 4.98 Å². The summed E-state index contributed by atoms with van der Waals surface area (Å²) in [6, 6.07) is 1.97. The molecule has 1 aromatic rings. The first-order valence-corrected chi connectivity index (χ1v) is 7.08. The first kappa shape index (κ1) is 12.6. The Morgan fingerprint density at radius 2 is 2.18 bits per heavy atom. The summed E-state index contributed by atoms with van der Waals surface area (Å²) in [6.45, 7) is 8.74. The van der Waals surface area contributed by atoms with E-state index in [0.29, 0.717) is 4.75 Å². The highest BCUT2D eigenvalue weighted by Crippen LogP contribution is 2.33. The van der Waals surface area contributed by atoms with Gasteiger partial charge in [-0.2, -0.15) is 11.8 Å². The number of hydrogen-bond acceptors (Lipinski definition) is 4. The summed E-state index contributed by atoms with van der Waals surface area (Å²) in [5, 5.41) is 0. The Morgan fingerprint density at radius 1 is 1.41 bits per heavy atom. The van der Waals surface area contributed by atoms with Crippen molar-refractivity contribution in [1.29, 1.82) is 0 Å². The number of rotatable bonds is 1. The smallest absolute Gasteiger partial charge is 0.152 e. The van der Waals surface area contributed by atoms with Gasteiger partial charge in [-0.3, -0.25) is 0 Å². The molecular weight excluding hydrogens is 230 g/mol. The number of nitrogens with zero attached hydrogens (tertiary/aromatic N) is 2. The Balaban J connectivity index is 2.20. The lowest BCUT2D eigenvalue weighted by Gasteiger charge is -2.24. The second kappa shape index (κ2) is 4.77. The van der Waals surface area contributed by atoms with Crippen LogP contribution in [-0.4, -0.2) is 28.6 Å². The lowest BCUT2D eigenvalue weighted by Crippen LogP contribution is -2.28. The highest BCUT2D eigenvalue weighted by atomic mass is 32.2. The molecule has 0 aromatic carbocycles. The van der Waals surface area contributed by atoms with Crippen molar-refractivity contribution >= 4 is 23.3 Å². The lowest BCUT2D eigenvalue weighted by molar-refractivity contribution is 0.635. The van der Waals surface area contributed by atoms with Crippen LogP contribution < -0.4 is 10.6 Å². The topological polar surface area (TPSA) is 42.2 Å². The molecular formula is C13H21N3S. The molecule has 0 spiro atoms. The van der Waals surface area contributed by atoms with Crippen LogP contribution in [0.15, 0.2) is 12.3 Å². The summed E-state index contributed by atoms with van der Waals surface area (Å²) in [5.74, 6) is 2.10. The minimum absolute atomic E-state index is 0.368. The maximum absolute atomic E-state index is 6.12. The number of aryl methyl sites for hydroxylation is 1. The van der Waals surface area contributed by atoms with E-state index in [-0.39, 0.29) is 0 Å². The maximum Gasteiger partial charge on any atom is 0.152 e. The number of nitrogen functional groups attached to an aromatic ring is 1. The van der Waals surface area contributed by atoms with Crippen molar-refractivity contribution in [2.24, 2.45) is 0 Å². The van der Waals surface area contributed by atoms with Crippen LogP contribution in [0.25, 0.3) is 0 Å². The fraction of sp³-hybridized carbons (Fsp3) is 0.615. The van der Waals surface area contributed by atoms with E-state index in [0.717, 1.165) is 35.9 Å². The van der Waals surface area contributed by atoms with Crippen molar-refractivity contribution in [2.45, 2.75) is 31.9 Å². The molecule has 94 valence electrons. The molecule has 1 fully saturated rings. The van der Waals surface area contributed by atoms with Gasteiger partial charge in [-0.25, -0.2) is 4.98 Å². The standard InChI is InChI=1S/C13H21N3S/c1-10-4-6-15-12(11(10)14)16-7-5-13(2,3)17-9-8-16/h4,6H,5,7-9,14H2,1-3H3. The molecule has 2 N–H and O–H groups in total. The summed E-state index contributed by atoms with van der Waals surface area (Å²) in [4.78, 5) is 6.77. The molecule has 1 aliphatic heterocycles. The average Bonchev–Trinajstić information content (AvgIpc) is 2.44. The van der Waals surface area contributed by atoms with E-state index in [9.17, 15) is 0 Å². The van der Waals surface area contributed by atoms with Crippen molar-refractivity contribution < 1.29 is 0 Å². The van der Waals surface area contributed by atoms with E-state index in [1.165, 1.54) is 6.42 Å². The molecule has 4 heteroatoms. The molecule has 0 aliphatic carbocycles. The highest BCUT2D eigenvalue weighted by molar-refractivity contribution is 8.00. The molecule has 1 saturated heterocycles. The fourth-order valence-electron chi connectivity index (χ4n) is 2.04. The quantitative estimate of drug-likeness (QED) is 0.833.